The van der Waals surface area contributed by atoms with E-state index in [-0.39, 0.29) is 0 Å². The van der Waals surface area contributed by atoms with E-state index in [0.717, 1.165) is 25.3 Å². The van der Waals surface area contributed by atoms with Crippen LogP contribution in [0.2, 0.25) is 0 Å². The Hall–Kier alpha value is -0.970. The quantitative estimate of drug-likeness (QED) is 0.929. The summed E-state index contributed by atoms with van der Waals surface area (Å²) in [4.78, 5) is 4.70. The van der Waals surface area contributed by atoms with Gasteiger partial charge in [0.25, 0.3) is 0 Å². The maximum absolute atomic E-state index is 5.52. The minimum atomic E-state index is 0.319. The van der Waals surface area contributed by atoms with Crippen LogP contribution in [0.4, 0.5) is 0 Å². The summed E-state index contributed by atoms with van der Waals surface area (Å²) in [7, 11) is 0. The van der Waals surface area contributed by atoms with E-state index in [9.17, 15) is 0 Å². The third-order valence-corrected chi connectivity index (χ3v) is 4.87. The van der Waals surface area contributed by atoms with Crippen molar-refractivity contribution in [3.05, 3.63) is 29.3 Å². The third kappa shape index (κ3) is 3.14. The fourth-order valence-electron chi connectivity index (χ4n) is 2.47. The van der Waals surface area contributed by atoms with E-state index in [1.807, 2.05) is 6.07 Å². The maximum Gasteiger partial charge on any atom is 0.111 e. The lowest BCUT2D eigenvalue weighted by atomic mass is 10.0. The predicted octanol–water partition coefficient (Wildman–Crippen LogP) is 3.37. The summed E-state index contributed by atoms with van der Waals surface area (Å²) < 4.78 is 6.79. The van der Waals surface area contributed by atoms with E-state index in [2.05, 4.69) is 30.4 Å². The Morgan fingerprint density at radius 2 is 2.37 bits per heavy atom. The van der Waals surface area contributed by atoms with Crippen molar-refractivity contribution in [2.24, 2.45) is 5.92 Å². The number of hydrogen-bond acceptors (Lipinski definition) is 4. The molecule has 0 amide bonds. The van der Waals surface area contributed by atoms with Crippen molar-refractivity contribution < 1.29 is 4.74 Å². The molecule has 0 radical (unpaired) electrons. The van der Waals surface area contributed by atoms with Gasteiger partial charge in [-0.3, -0.25) is 0 Å². The predicted molar refractivity (Wildman–Crippen MR) is 79.6 cm³/mol. The van der Waals surface area contributed by atoms with Crippen LogP contribution in [0.5, 0.6) is 0 Å². The molecule has 1 aliphatic rings. The Bertz CT molecular complexity index is 501. The van der Waals surface area contributed by atoms with Gasteiger partial charge in [0, 0.05) is 13.2 Å². The topological polar surface area (TPSA) is 34.1 Å². The number of nitrogens with zero attached hydrogens (tertiary/aromatic N) is 1. The van der Waals surface area contributed by atoms with Gasteiger partial charge in [-0.05, 0) is 37.8 Å². The van der Waals surface area contributed by atoms with Gasteiger partial charge in [-0.15, -0.1) is 11.3 Å². The first-order chi connectivity index (χ1) is 9.33. The van der Waals surface area contributed by atoms with Crippen LogP contribution >= 0.6 is 11.3 Å². The van der Waals surface area contributed by atoms with Gasteiger partial charge in [-0.2, -0.15) is 0 Å². The second-order valence-electron chi connectivity index (χ2n) is 5.23. The second-order valence-corrected chi connectivity index (χ2v) is 6.30. The highest BCUT2D eigenvalue weighted by Gasteiger charge is 2.16. The van der Waals surface area contributed by atoms with Crippen LogP contribution in [0, 0.1) is 5.92 Å². The van der Waals surface area contributed by atoms with Gasteiger partial charge in [-0.25, -0.2) is 4.98 Å². The van der Waals surface area contributed by atoms with Crippen molar-refractivity contribution in [2.75, 3.05) is 19.8 Å². The number of para-hydroxylation sites is 1. The number of thiazole rings is 1. The standard InChI is InChI=1S/C15H20N2OS/c1-11(16-9-12-5-4-8-18-10-12)15-17-13-6-2-3-7-14(13)19-15/h2-3,6-7,11-12,16H,4-5,8-10H2,1H3. The Morgan fingerprint density at radius 3 is 3.16 bits per heavy atom. The molecule has 1 N–H and O–H groups in total. The van der Waals surface area contributed by atoms with E-state index in [0.29, 0.717) is 12.0 Å². The lowest BCUT2D eigenvalue weighted by Crippen LogP contribution is -2.30. The molecule has 0 spiro atoms. The summed E-state index contributed by atoms with van der Waals surface area (Å²) in [6.45, 7) is 5.06. The highest BCUT2D eigenvalue weighted by Crippen LogP contribution is 2.26. The Balaban J connectivity index is 1.61. The van der Waals surface area contributed by atoms with E-state index in [4.69, 9.17) is 9.72 Å². The van der Waals surface area contributed by atoms with E-state index in [1.165, 1.54) is 22.5 Å². The van der Waals surface area contributed by atoms with E-state index < -0.39 is 0 Å². The molecular weight excluding hydrogens is 256 g/mol. The molecule has 3 nitrogen and oxygen atoms in total. The smallest absolute Gasteiger partial charge is 0.111 e. The van der Waals surface area contributed by atoms with Crippen LogP contribution < -0.4 is 5.32 Å². The number of fused-ring (bicyclic) bond motifs is 1. The van der Waals surface area contributed by atoms with Crippen LogP contribution in [0.25, 0.3) is 10.2 Å². The van der Waals surface area contributed by atoms with Crippen molar-refractivity contribution in [3.8, 4) is 0 Å². The van der Waals surface area contributed by atoms with Gasteiger partial charge in [0.05, 0.1) is 22.9 Å². The largest absolute Gasteiger partial charge is 0.381 e. The number of aromatic nitrogens is 1. The van der Waals surface area contributed by atoms with Crippen LogP contribution in [-0.2, 0) is 4.74 Å². The van der Waals surface area contributed by atoms with Crippen molar-refractivity contribution >= 4 is 21.6 Å². The first-order valence-corrected chi connectivity index (χ1v) is 7.81. The second kappa shape index (κ2) is 5.99. The van der Waals surface area contributed by atoms with Gasteiger partial charge in [0.1, 0.15) is 5.01 Å². The van der Waals surface area contributed by atoms with E-state index in [1.54, 1.807) is 11.3 Å². The first kappa shape index (κ1) is 13.0. The fourth-order valence-corrected chi connectivity index (χ4v) is 3.47. The van der Waals surface area contributed by atoms with Gasteiger partial charge >= 0.3 is 0 Å². The van der Waals surface area contributed by atoms with Crippen LogP contribution in [0.1, 0.15) is 30.8 Å². The zero-order chi connectivity index (χ0) is 13.1. The molecule has 0 aliphatic carbocycles. The number of benzene rings is 1. The molecule has 0 bridgehead atoms. The average Bonchev–Trinajstić information content (AvgIpc) is 2.90. The molecule has 4 heteroatoms. The molecular formula is C15H20N2OS. The zero-order valence-electron chi connectivity index (χ0n) is 11.3. The van der Waals surface area contributed by atoms with Crippen molar-refractivity contribution in [1.29, 1.82) is 0 Å². The molecule has 1 saturated heterocycles. The molecule has 2 unspecified atom stereocenters. The SMILES string of the molecule is CC(NCC1CCCOC1)c1nc2ccccc2s1. The van der Waals surface area contributed by atoms with Gasteiger partial charge < -0.3 is 10.1 Å². The lowest BCUT2D eigenvalue weighted by molar-refractivity contribution is 0.0540. The minimum absolute atomic E-state index is 0.319. The van der Waals surface area contributed by atoms with Crippen molar-refractivity contribution in [3.63, 3.8) is 0 Å². The number of ether oxygens (including phenoxy) is 1. The summed E-state index contributed by atoms with van der Waals surface area (Å²) >= 11 is 1.79. The van der Waals surface area contributed by atoms with Crippen molar-refractivity contribution in [1.82, 2.24) is 10.3 Å². The molecule has 1 fully saturated rings. The molecule has 2 atom stereocenters. The average molecular weight is 276 g/mol. The Kier molecular flexibility index (Phi) is 4.11. The Morgan fingerprint density at radius 1 is 1.47 bits per heavy atom. The molecule has 1 aromatic carbocycles. The van der Waals surface area contributed by atoms with Crippen LogP contribution in [-0.4, -0.2) is 24.7 Å². The fraction of sp³-hybridized carbons (Fsp3) is 0.533. The molecule has 2 heterocycles. The molecule has 1 aliphatic heterocycles. The van der Waals surface area contributed by atoms with Gasteiger partial charge in [0.15, 0.2) is 0 Å². The summed E-state index contributed by atoms with van der Waals surface area (Å²) in [6.07, 6.45) is 2.47. The number of nitrogens with one attached hydrogen (secondary N) is 1. The number of hydrogen-bond donors (Lipinski definition) is 1. The normalized spacial score (nSPS) is 21.6. The molecule has 0 saturated carbocycles. The molecule has 3 rings (SSSR count). The van der Waals surface area contributed by atoms with Crippen LogP contribution in [0.15, 0.2) is 24.3 Å². The summed E-state index contributed by atoms with van der Waals surface area (Å²) in [5, 5.41) is 4.78. The highest BCUT2D eigenvalue weighted by atomic mass is 32.1. The summed E-state index contributed by atoms with van der Waals surface area (Å²) in [5.41, 5.74) is 1.11. The zero-order valence-corrected chi connectivity index (χ0v) is 12.1. The monoisotopic (exact) mass is 276 g/mol. The molecule has 19 heavy (non-hydrogen) atoms. The third-order valence-electron chi connectivity index (χ3n) is 3.65. The first-order valence-electron chi connectivity index (χ1n) is 6.99. The van der Waals surface area contributed by atoms with Crippen LogP contribution in [0.3, 0.4) is 0 Å². The summed E-state index contributed by atoms with van der Waals surface area (Å²) in [6, 6.07) is 8.65. The van der Waals surface area contributed by atoms with Gasteiger partial charge in [0.2, 0.25) is 0 Å². The van der Waals surface area contributed by atoms with E-state index >= 15 is 0 Å². The number of rotatable bonds is 4. The Labute approximate surface area is 118 Å². The van der Waals surface area contributed by atoms with Gasteiger partial charge in [-0.1, -0.05) is 12.1 Å². The minimum Gasteiger partial charge on any atom is -0.381 e. The molecule has 2 aromatic rings. The van der Waals surface area contributed by atoms with Crippen molar-refractivity contribution in [2.45, 2.75) is 25.8 Å². The summed E-state index contributed by atoms with van der Waals surface area (Å²) in [5.74, 6) is 0.658. The highest BCUT2D eigenvalue weighted by molar-refractivity contribution is 7.18. The molecule has 1 aromatic heterocycles. The lowest BCUT2D eigenvalue weighted by Gasteiger charge is -2.23. The molecule has 102 valence electrons. The maximum atomic E-state index is 5.52.